The molecular weight excluding hydrogens is 335 g/mol. The van der Waals surface area contributed by atoms with E-state index < -0.39 is 11.7 Å². The van der Waals surface area contributed by atoms with Gasteiger partial charge in [-0.05, 0) is 33.4 Å². The number of aliphatic imine (C=N–C) groups is 1. The minimum Gasteiger partial charge on any atom is -0.462 e. The number of nitrogens with two attached hydrogens (primary N) is 2. The van der Waals surface area contributed by atoms with E-state index in [1.807, 2.05) is 63.1 Å². The van der Waals surface area contributed by atoms with Crippen LogP contribution in [0.3, 0.4) is 0 Å². The molecule has 0 aromatic heterocycles. The van der Waals surface area contributed by atoms with Gasteiger partial charge in [-0.15, -0.1) is 0 Å². The van der Waals surface area contributed by atoms with E-state index in [2.05, 4.69) is 9.73 Å². The number of alkyl halides is 1. The smallest absolute Gasteiger partial charge is 0.293 e. The number of hydrogen-bond donors (Lipinski definition) is 2. The summed E-state index contributed by atoms with van der Waals surface area (Å²) in [6.07, 6.45) is 2.68. The van der Waals surface area contributed by atoms with E-state index in [4.69, 9.17) is 11.5 Å². The standard InChI is InChI=1S/C14H19FN4.C5H10O2/c1-19-9-14(15,10-19)13(18-8-12(17)7-16)11-5-3-2-4-6-11;1-5(2,3)7-4-6/h2-8,13H,9-10,16-17H2,1H3;4H,1-3H3/b12-7+,18-8?;. The van der Waals surface area contributed by atoms with Crippen molar-refractivity contribution in [3.8, 4) is 0 Å². The van der Waals surface area contributed by atoms with E-state index in [1.165, 1.54) is 12.4 Å². The summed E-state index contributed by atoms with van der Waals surface area (Å²) in [7, 11) is 1.89. The lowest BCUT2D eigenvalue weighted by Gasteiger charge is -2.45. The van der Waals surface area contributed by atoms with Gasteiger partial charge >= 0.3 is 0 Å². The van der Waals surface area contributed by atoms with Gasteiger partial charge in [0.05, 0.1) is 5.70 Å². The molecule has 6 nitrogen and oxygen atoms in total. The van der Waals surface area contributed by atoms with Crippen LogP contribution in [0.1, 0.15) is 32.4 Å². The second-order valence-electron chi connectivity index (χ2n) is 7.29. The van der Waals surface area contributed by atoms with Gasteiger partial charge in [-0.2, -0.15) is 0 Å². The second-order valence-corrected chi connectivity index (χ2v) is 7.29. The molecule has 0 amide bonds. The van der Waals surface area contributed by atoms with Crippen molar-refractivity contribution in [3.05, 3.63) is 47.8 Å². The third-order valence-electron chi connectivity index (χ3n) is 3.64. The van der Waals surface area contributed by atoms with Crippen LogP contribution in [-0.2, 0) is 9.53 Å². The molecule has 0 bridgehead atoms. The van der Waals surface area contributed by atoms with E-state index in [-0.39, 0.29) is 5.60 Å². The summed E-state index contributed by atoms with van der Waals surface area (Å²) in [6, 6.07) is 8.87. The summed E-state index contributed by atoms with van der Waals surface area (Å²) in [6.45, 7) is 6.66. The molecule has 144 valence electrons. The van der Waals surface area contributed by atoms with Gasteiger partial charge < -0.3 is 16.2 Å². The quantitative estimate of drug-likeness (QED) is 0.617. The van der Waals surface area contributed by atoms with E-state index in [0.717, 1.165) is 5.56 Å². The van der Waals surface area contributed by atoms with Crippen molar-refractivity contribution >= 4 is 12.7 Å². The second kappa shape index (κ2) is 9.33. The number of benzene rings is 1. The molecule has 0 spiro atoms. The van der Waals surface area contributed by atoms with Crippen molar-refractivity contribution in [3.63, 3.8) is 0 Å². The number of hydrogen-bond acceptors (Lipinski definition) is 6. The van der Waals surface area contributed by atoms with Gasteiger partial charge in [-0.1, -0.05) is 30.3 Å². The van der Waals surface area contributed by atoms with Crippen LogP contribution in [0.4, 0.5) is 4.39 Å². The first-order valence-electron chi connectivity index (χ1n) is 8.36. The van der Waals surface area contributed by atoms with Crippen LogP contribution in [-0.4, -0.2) is 49.0 Å². The Morgan fingerprint density at radius 2 is 1.92 bits per heavy atom. The number of carbonyl (C=O) groups is 1. The van der Waals surface area contributed by atoms with Gasteiger partial charge in [0.1, 0.15) is 11.6 Å². The van der Waals surface area contributed by atoms with Gasteiger partial charge in [-0.3, -0.25) is 14.7 Å². The Hall–Kier alpha value is -2.41. The Bertz CT molecular complexity index is 620. The van der Waals surface area contributed by atoms with Gasteiger partial charge in [0.2, 0.25) is 0 Å². The van der Waals surface area contributed by atoms with E-state index >= 15 is 0 Å². The lowest BCUT2D eigenvalue weighted by atomic mass is 9.84. The third kappa shape index (κ3) is 6.84. The maximum atomic E-state index is 14.8. The highest BCUT2D eigenvalue weighted by Gasteiger charge is 2.48. The summed E-state index contributed by atoms with van der Waals surface area (Å²) in [5.41, 5.74) is 10.4. The molecule has 1 unspecified atom stereocenters. The van der Waals surface area contributed by atoms with Crippen LogP contribution >= 0.6 is 0 Å². The SMILES string of the molecule is CC(C)(C)OC=O.CN1CC(F)(C(N=C/C(N)=C\N)c2ccccc2)C1. The highest BCUT2D eigenvalue weighted by atomic mass is 19.1. The zero-order chi connectivity index (χ0) is 19.8. The molecule has 1 aromatic carbocycles. The summed E-state index contributed by atoms with van der Waals surface area (Å²) in [4.78, 5) is 15.8. The monoisotopic (exact) mass is 364 g/mol. The first-order valence-corrected chi connectivity index (χ1v) is 8.36. The fourth-order valence-corrected chi connectivity index (χ4v) is 2.53. The molecular formula is C19H29FN4O2. The lowest BCUT2D eigenvalue weighted by molar-refractivity contribution is -0.138. The summed E-state index contributed by atoms with van der Waals surface area (Å²) in [5.74, 6) is 0. The first-order chi connectivity index (χ1) is 12.1. The summed E-state index contributed by atoms with van der Waals surface area (Å²) < 4.78 is 19.4. The molecule has 1 aliphatic rings. The van der Waals surface area contributed by atoms with Gasteiger partial charge in [0, 0.05) is 25.5 Å². The molecule has 1 fully saturated rings. The number of nitrogens with zero attached hydrogens (tertiary/aromatic N) is 2. The number of rotatable bonds is 5. The number of carbonyl (C=O) groups excluding carboxylic acids is 1. The molecule has 1 aliphatic heterocycles. The van der Waals surface area contributed by atoms with Crippen molar-refractivity contribution in [1.82, 2.24) is 4.90 Å². The molecule has 2 rings (SSSR count). The number of likely N-dealkylation sites (tertiary alicyclic amines) is 1. The van der Waals surface area contributed by atoms with Crippen LogP contribution in [0.5, 0.6) is 0 Å². The maximum absolute atomic E-state index is 14.8. The minimum atomic E-state index is -1.35. The zero-order valence-corrected chi connectivity index (χ0v) is 15.9. The van der Waals surface area contributed by atoms with Crippen molar-refractivity contribution in [2.24, 2.45) is 16.5 Å². The Morgan fingerprint density at radius 1 is 1.35 bits per heavy atom. The average Bonchev–Trinajstić information content (AvgIpc) is 2.54. The average molecular weight is 364 g/mol. The highest BCUT2D eigenvalue weighted by Crippen LogP contribution is 2.39. The fraction of sp³-hybridized carbons (Fsp3) is 0.474. The van der Waals surface area contributed by atoms with Crippen molar-refractivity contribution in [2.75, 3.05) is 20.1 Å². The topological polar surface area (TPSA) is 93.9 Å². The molecule has 0 aliphatic carbocycles. The minimum absolute atomic E-state index is 0.318. The zero-order valence-electron chi connectivity index (χ0n) is 15.9. The molecule has 1 saturated heterocycles. The molecule has 26 heavy (non-hydrogen) atoms. The lowest BCUT2D eigenvalue weighted by Crippen LogP contribution is -2.59. The van der Waals surface area contributed by atoms with Crippen LogP contribution in [0, 0.1) is 0 Å². The van der Waals surface area contributed by atoms with E-state index in [9.17, 15) is 9.18 Å². The maximum Gasteiger partial charge on any atom is 0.293 e. The van der Waals surface area contributed by atoms with Crippen molar-refractivity contribution in [1.29, 1.82) is 0 Å². The Kier molecular flexibility index (Phi) is 7.76. The van der Waals surface area contributed by atoms with Crippen LogP contribution in [0.25, 0.3) is 0 Å². The normalized spacial score (nSPS) is 18.4. The van der Waals surface area contributed by atoms with Crippen molar-refractivity contribution in [2.45, 2.75) is 38.1 Å². The Balaban J connectivity index is 0.000000412. The molecule has 7 heteroatoms. The predicted octanol–water partition coefficient (Wildman–Crippen LogP) is 2.17. The summed E-state index contributed by atoms with van der Waals surface area (Å²) in [5, 5.41) is 0. The highest BCUT2D eigenvalue weighted by molar-refractivity contribution is 5.77. The van der Waals surface area contributed by atoms with Crippen LogP contribution in [0.15, 0.2) is 47.2 Å². The third-order valence-corrected chi connectivity index (χ3v) is 3.64. The number of ether oxygens (including phenoxy) is 1. The first kappa shape index (κ1) is 21.6. The fourth-order valence-electron chi connectivity index (χ4n) is 2.53. The Morgan fingerprint density at radius 3 is 2.31 bits per heavy atom. The molecule has 0 radical (unpaired) electrons. The van der Waals surface area contributed by atoms with Crippen LogP contribution < -0.4 is 11.5 Å². The van der Waals surface area contributed by atoms with Gasteiger partial charge in [0.15, 0.2) is 5.67 Å². The molecule has 0 saturated carbocycles. The number of halogens is 1. The van der Waals surface area contributed by atoms with Crippen molar-refractivity contribution < 1.29 is 13.9 Å². The molecule has 1 aromatic rings. The van der Waals surface area contributed by atoms with Gasteiger partial charge in [0.25, 0.3) is 6.47 Å². The van der Waals surface area contributed by atoms with Crippen LogP contribution in [0.2, 0.25) is 0 Å². The predicted molar refractivity (Wildman–Crippen MR) is 102 cm³/mol. The van der Waals surface area contributed by atoms with Gasteiger partial charge in [-0.25, -0.2) is 4.39 Å². The Labute approximate surface area is 154 Å². The van der Waals surface area contributed by atoms with E-state index in [0.29, 0.717) is 25.3 Å². The van der Waals surface area contributed by atoms with E-state index in [1.54, 1.807) is 0 Å². The summed E-state index contributed by atoms with van der Waals surface area (Å²) >= 11 is 0. The molecule has 1 heterocycles. The number of allylic oxidation sites excluding steroid dienone is 1. The molecule has 1 atom stereocenters. The largest absolute Gasteiger partial charge is 0.462 e. The molecule has 4 N–H and O–H groups in total.